The van der Waals surface area contributed by atoms with Crippen LogP contribution in [0.5, 0.6) is 0 Å². The lowest BCUT2D eigenvalue weighted by Crippen LogP contribution is -2.05. The fraction of sp³-hybridized carbons (Fsp3) is 0.176. The molecule has 0 saturated heterocycles. The maximum atomic E-state index is 11.9. The highest BCUT2D eigenvalue weighted by molar-refractivity contribution is 6.01. The molecule has 1 aromatic carbocycles. The quantitative estimate of drug-likeness (QED) is 0.680. The average molecular weight is 306 g/mol. The average Bonchev–Trinajstić information content (AvgIpc) is 2.91. The molecule has 0 aliphatic heterocycles. The number of ether oxygens (including phenoxy) is 1. The molecule has 2 aromatic heterocycles. The molecule has 0 unspecified atom stereocenters. The van der Waals surface area contributed by atoms with Crippen molar-refractivity contribution in [3.63, 3.8) is 0 Å². The van der Waals surface area contributed by atoms with E-state index in [9.17, 15) is 10.1 Å². The molecule has 0 N–H and O–H groups in total. The van der Waals surface area contributed by atoms with Crippen molar-refractivity contribution in [2.45, 2.75) is 6.92 Å². The lowest BCUT2D eigenvalue weighted by molar-refractivity contribution is 0.0594. The predicted octanol–water partition coefficient (Wildman–Crippen LogP) is 2.60. The summed E-state index contributed by atoms with van der Waals surface area (Å²) in [7, 11) is 3.16. The summed E-state index contributed by atoms with van der Waals surface area (Å²) in [5.74, 6) is -0.539. The van der Waals surface area contributed by atoms with Crippen LogP contribution in [0.15, 0.2) is 30.5 Å². The number of hydrogen-bond acceptors (Lipinski definition) is 5. The van der Waals surface area contributed by atoms with Crippen LogP contribution in [0.1, 0.15) is 21.7 Å². The second kappa shape index (κ2) is 5.54. The topological polar surface area (TPSA) is 80.8 Å². The number of carbonyl (C=O) groups excluding carboxylic acids is 1. The van der Waals surface area contributed by atoms with Gasteiger partial charge < -0.3 is 4.74 Å². The number of esters is 1. The van der Waals surface area contributed by atoms with Crippen LogP contribution in [0.2, 0.25) is 0 Å². The van der Waals surface area contributed by atoms with Crippen LogP contribution in [0.3, 0.4) is 0 Å². The maximum Gasteiger partial charge on any atom is 0.356 e. The Labute approximate surface area is 132 Å². The van der Waals surface area contributed by atoms with Crippen LogP contribution in [0.4, 0.5) is 0 Å². The van der Waals surface area contributed by atoms with Crippen LogP contribution >= 0.6 is 0 Å². The molecular formula is C17H14N4O2. The Morgan fingerprint density at radius 3 is 2.74 bits per heavy atom. The van der Waals surface area contributed by atoms with Crippen molar-refractivity contribution in [2.75, 3.05) is 7.11 Å². The van der Waals surface area contributed by atoms with Crippen molar-refractivity contribution in [1.29, 1.82) is 5.26 Å². The number of nitrogens with zero attached hydrogens (tertiary/aromatic N) is 4. The van der Waals surface area contributed by atoms with Gasteiger partial charge in [0.15, 0.2) is 0 Å². The van der Waals surface area contributed by atoms with E-state index in [4.69, 9.17) is 4.74 Å². The van der Waals surface area contributed by atoms with Crippen LogP contribution in [-0.4, -0.2) is 27.8 Å². The number of aromatic nitrogens is 3. The highest BCUT2D eigenvalue weighted by Crippen LogP contribution is 2.32. The summed E-state index contributed by atoms with van der Waals surface area (Å²) in [4.78, 5) is 16.3. The zero-order valence-corrected chi connectivity index (χ0v) is 13.0. The minimum absolute atomic E-state index is 0.168. The summed E-state index contributed by atoms with van der Waals surface area (Å²) < 4.78 is 6.54. The summed E-state index contributed by atoms with van der Waals surface area (Å²) >= 11 is 0. The van der Waals surface area contributed by atoms with E-state index < -0.39 is 5.97 Å². The summed E-state index contributed by atoms with van der Waals surface area (Å²) in [6.07, 6.45) is 1.74. The lowest BCUT2D eigenvalue weighted by atomic mass is 9.99. The number of carbonyl (C=O) groups is 1. The van der Waals surface area contributed by atoms with Gasteiger partial charge in [0.05, 0.1) is 24.4 Å². The van der Waals surface area contributed by atoms with Gasteiger partial charge in [0.25, 0.3) is 0 Å². The highest BCUT2D eigenvalue weighted by Gasteiger charge is 2.17. The standard InChI is InChI=1S/C17H14N4O2/c1-10-14(9-19-21(10)2)13-7-15(17(22)23-3)20-16-11(8-18)5-4-6-12(13)16/h4-7,9H,1-3H3. The van der Waals surface area contributed by atoms with E-state index in [0.717, 1.165) is 22.2 Å². The molecule has 3 rings (SSSR count). The molecule has 23 heavy (non-hydrogen) atoms. The molecule has 0 bridgehead atoms. The van der Waals surface area contributed by atoms with Crippen LogP contribution in [0.25, 0.3) is 22.0 Å². The SMILES string of the molecule is COC(=O)c1cc(-c2cnn(C)c2C)c2cccc(C#N)c2n1. The van der Waals surface area contributed by atoms with Gasteiger partial charge in [0, 0.05) is 23.7 Å². The van der Waals surface area contributed by atoms with Crippen molar-refractivity contribution >= 4 is 16.9 Å². The van der Waals surface area contributed by atoms with Crippen molar-refractivity contribution in [2.24, 2.45) is 7.05 Å². The number of fused-ring (bicyclic) bond motifs is 1. The number of hydrogen-bond donors (Lipinski definition) is 0. The third kappa shape index (κ3) is 2.32. The molecule has 0 aliphatic rings. The Hall–Kier alpha value is -3.20. The zero-order chi connectivity index (χ0) is 16.6. The number of para-hydroxylation sites is 1. The van der Waals surface area contributed by atoms with Gasteiger partial charge in [-0.3, -0.25) is 4.68 Å². The number of aryl methyl sites for hydroxylation is 1. The number of methoxy groups -OCH3 is 1. The normalized spacial score (nSPS) is 10.5. The first-order valence-corrected chi connectivity index (χ1v) is 6.98. The van der Waals surface area contributed by atoms with E-state index >= 15 is 0 Å². The Morgan fingerprint density at radius 2 is 2.13 bits per heavy atom. The van der Waals surface area contributed by atoms with Gasteiger partial charge in [-0.15, -0.1) is 0 Å². The van der Waals surface area contributed by atoms with E-state index in [2.05, 4.69) is 16.2 Å². The molecule has 0 radical (unpaired) electrons. The molecule has 0 aliphatic carbocycles. The van der Waals surface area contributed by atoms with Crippen molar-refractivity contribution in [1.82, 2.24) is 14.8 Å². The third-order valence-corrected chi connectivity index (χ3v) is 3.88. The van der Waals surface area contributed by atoms with Crippen LogP contribution < -0.4 is 0 Å². The molecule has 114 valence electrons. The third-order valence-electron chi connectivity index (χ3n) is 3.88. The van der Waals surface area contributed by atoms with Crippen molar-refractivity contribution < 1.29 is 9.53 Å². The Bertz CT molecular complexity index is 967. The summed E-state index contributed by atoms with van der Waals surface area (Å²) in [5, 5.41) is 14.4. The van der Waals surface area contributed by atoms with Gasteiger partial charge in [0.2, 0.25) is 0 Å². The molecule has 2 heterocycles. The fourth-order valence-corrected chi connectivity index (χ4v) is 2.53. The first-order valence-electron chi connectivity index (χ1n) is 6.98. The number of nitriles is 1. The first-order chi connectivity index (χ1) is 11.1. The van der Waals surface area contributed by atoms with E-state index in [0.29, 0.717) is 11.1 Å². The summed E-state index contributed by atoms with van der Waals surface area (Å²) in [5.41, 5.74) is 3.71. The number of rotatable bonds is 2. The second-order valence-corrected chi connectivity index (χ2v) is 5.13. The second-order valence-electron chi connectivity index (χ2n) is 5.13. The van der Waals surface area contributed by atoms with Gasteiger partial charge >= 0.3 is 5.97 Å². The minimum Gasteiger partial charge on any atom is -0.464 e. The van der Waals surface area contributed by atoms with Gasteiger partial charge in [-0.05, 0) is 24.6 Å². The Kier molecular flexibility index (Phi) is 3.54. The molecule has 0 fully saturated rings. The van der Waals surface area contributed by atoms with Gasteiger partial charge in [-0.25, -0.2) is 9.78 Å². The highest BCUT2D eigenvalue weighted by atomic mass is 16.5. The molecule has 0 saturated carbocycles. The first kappa shape index (κ1) is 14.7. The van der Waals surface area contributed by atoms with Crippen molar-refractivity contribution in [3.8, 4) is 17.2 Å². The molecule has 0 spiro atoms. The lowest BCUT2D eigenvalue weighted by Gasteiger charge is -2.09. The van der Waals surface area contributed by atoms with E-state index in [1.54, 1.807) is 29.1 Å². The molecule has 3 aromatic rings. The monoisotopic (exact) mass is 306 g/mol. The maximum absolute atomic E-state index is 11.9. The fourth-order valence-electron chi connectivity index (χ4n) is 2.53. The summed E-state index contributed by atoms with van der Waals surface area (Å²) in [6, 6.07) is 9.16. The van der Waals surface area contributed by atoms with Gasteiger partial charge in [0.1, 0.15) is 11.8 Å². The minimum atomic E-state index is -0.539. The predicted molar refractivity (Wildman–Crippen MR) is 84.7 cm³/mol. The number of benzene rings is 1. The molecular weight excluding hydrogens is 292 g/mol. The van der Waals surface area contributed by atoms with E-state index in [1.165, 1.54) is 7.11 Å². The largest absolute Gasteiger partial charge is 0.464 e. The zero-order valence-electron chi connectivity index (χ0n) is 13.0. The van der Waals surface area contributed by atoms with E-state index in [-0.39, 0.29) is 5.69 Å². The van der Waals surface area contributed by atoms with E-state index in [1.807, 2.05) is 20.0 Å². The van der Waals surface area contributed by atoms with Crippen molar-refractivity contribution in [3.05, 3.63) is 47.4 Å². The molecule has 6 heteroatoms. The smallest absolute Gasteiger partial charge is 0.356 e. The molecule has 6 nitrogen and oxygen atoms in total. The Balaban J connectivity index is 2.42. The van der Waals surface area contributed by atoms with Crippen LogP contribution in [-0.2, 0) is 11.8 Å². The Morgan fingerprint density at radius 1 is 1.35 bits per heavy atom. The van der Waals surface area contributed by atoms with Gasteiger partial charge in [-0.2, -0.15) is 10.4 Å². The molecule has 0 atom stereocenters. The molecule has 0 amide bonds. The number of pyridine rings is 1. The van der Waals surface area contributed by atoms with Gasteiger partial charge in [-0.1, -0.05) is 12.1 Å². The van der Waals surface area contributed by atoms with Crippen LogP contribution in [0, 0.1) is 18.3 Å². The summed E-state index contributed by atoms with van der Waals surface area (Å²) in [6.45, 7) is 1.94.